The van der Waals surface area contributed by atoms with Gasteiger partial charge in [-0.1, -0.05) is 6.07 Å². The molecule has 0 bridgehead atoms. The lowest BCUT2D eigenvalue weighted by molar-refractivity contribution is -0.152. The Labute approximate surface area is 117 Å². The van der Waals surface area contributed by atoms with E-state index in [1.807, 2.05) is 0 Å². The summed E-state index contributed by atoms with van der Waals surface area (Å²) in [6.45, 7) is 3.14. The largest absolute Gasteiger partial charge is 0.505 e. The normalized spacial score (nSPS) is 12.5. The molecule has 1 atom stereocenters. The molecule has 1 rings (SSSR count). The third-order valence-corrected chi connectivity index (χ3v) is 3.02. The fourth-order valence-electron chi connectivity index (χ4n) is 1.63. The van der Waals surface area contributed by atoms with Crippen LogP contribution in [0.3, 0.4) is 0 Å². The highest BCUT2D eigenvalue weighted by Gasteiger charge is 2.38. The number of nitrogens with two attached hydrogens (primary N) is 2. The van der Waals surface area contributed by atoms with Crippen molar-refractivity contribution >= 4 is 24.1 Å². The molecule has 1 aromatic rings. The number of hydrogen-bond acceptors (Lipinski definition) is 5. The molecule has 0 heterocycles. The summed E-state index contributed by atoms with van der Waals surface area (Å²) < 4.78 is 17.8. The molecule has 0 amide bonds. The highest BCUT2D eigenvalue weighted by Crippen LogP contribution is 2.39. The van der Waals surface area contributed by atoms with Crippen molar-refractivity contribution in [2.24, 2.45) is 11.1 Å². The van der Waals surface area contributed by atoms with Gasteiger partial charge in [-0.2, -0.15) is 0 Å². The molecule has 0 unspecified atom stereocenters. The van der Waals surface area contributed by atoms with Gasteiger partial charge >= 0.3 is 5.97 Å². The Balaban J connectivity index is 0.00000324. The second-order valence-electron chi connectivity index (χ2n) is 4.59. The summed E-state index contributed by atoms with van der Waals surface area (Å²) in [5.41, 5.74) is 10.0. The highest BCUT2D eigenvalue weighted by atomic mass is 35.5. The Kier molecular flexibility index (Phi) is 5.59. The van der Waals surface area contributed by atoms with Crippen LogP contribution >= 0.6 is 12.4 Å². The van der Waals surface area contributed by atoms with Crippen molar-refractivity contribution in [2.45, 2.75) is 19.9 Å². The van der Waals surface area contributed by atoms with Gasteiger partial charge in [0.2, 0.25) is 0 Å². The van der Waals surface area contributed by atoms with Crippen molar-refractivity contribution < 1.29 is 19.0 Å². The number of hydrogen-bond donors (Lipinski definition) is 3. The molecule has 0 aliphatic carbocycles. The molecule has 0 saturated carbocycles. The predicted octanol–water partition coefficient (Wildman–Crippen LogP) is 1.73. The first kappa shape index (κ1) is 17.5. The number of carbonyl (C=O) groups is 1. The molecule has 5 nitrogen and oxygen atoms in total. The quantitative estimate of drug-likeness (QED) is 0.448. The SMILES string of the molecule is COC(=O)C(C)(C)[C@@H](N)c1ccc(F)c(N)c1O.Cl. The van der Waals surface area contributed by atoms with Crippen molar-refractivity contribution in [3.05, 3.63) is 23.5 Å². The van der Waals surface area contributed by atoms with E-state index in [-0.39, 0.29) is 23.7 Å². The Hall–Kier alpha value is -1.53. The fraction of sp³-hybridized carbons (Fsp3) is 0.417. The standard InChI is InChI=1S/C12H17FN2O3.ClH/c1-12(2,11(17)18-3)10(15)6-4-5-7(13)8(14)9(6)16;/h4-5,10,16H,14-15H2,1-3H3;1H/t10-;/m0./s1. The second kappa shape index (κ2) is 6.08. The third kappa shape index (κ3) is 3.08. The fourth-order valence-corrected chi connectivity index (χ4v) is 1.63. The van der Waals surface area contributed by atoms with E-state index in [2.05, 4.69) is 4.74 Å². The summed E-state index contributed by atoms with van der Waals surface area (Å²) in [7, 11) is 1.25. The Morgan fingerprint density at radius 3 is 2.47 bits per heavy atom. The molecule has 0 radical (unpaired) electrons. The van der Waals surface area contributed by atoms with E-state index in [1.54, 1.807) is 13.8 Å². The minimum absolute atomic E-state index is 0. The molecule has 0 aliphatic rings. The van der Waals surface area contributed by atoms with Crippen LogP contribution in [-0.4, -0.2) is 18.2 Å². The molecule has 5 N–H and O–H groups in total. The summed E-state index contributed by atoms with van der Waals surface area (Å²) in [5.74, 6) is -1.71. The van der Waals surface area contributed by atoms with Gasteiger partial charge in [0.05, 0.1) is 12.5 Å². The van der Waals surface area contributed by atoms with Gasteiger partial charge in [0, 0.05) is 11.6 Å². The van der Waals surface area contributed by atoms with Gasteiger partial charge in [0.15, 0.2) is 0 Å². The molecular weight excluding hydrogens is 275 g/mol. The highest BCUT2D eigenvalue weighted by molar-refractivity contribution is 5.85. The van der Waals surface area contributed by atoms with Gasteiger partial charge in [-0.15, -0.1) is 12.4 Å². The number of aromatic hydroxyl groups is 1. The van der Waals surface area contributed by atoms with Gasteiger partial charge in [-0.3, -0.25) is 4.79 Å². The van der Waals surface area contributed by atoms with Crippen molar-refractivity contribution in [3.63, 3.8) is 0 Å². The van der Waals surface area contributed by atoms with Crippen LogP contribution in [-0.2, 0) is 9.53 Å². The number of rotatable bonds is 3. The number of benzene rings is 1. The van der Waals surface area contributed by atoms with Gasteiger partial charge in [-0.05, 0) is 19.9 Å². The maximum Gasteiger partial charge on any atom is 0.313 e. The second-order valence-corrected chi connectivity index (χ2v) is 4.59. The van der Waals surface area contributed by atoms with E-state index in [1.165, 1.54) is 13.2 Å². The molecule has 0 aromatic heterocycles. The molecule has 19 heavy (non-hydrogen) atoms. The van der Waals surface area contributed by atoms with E-state index in [0.717, 1.165) is 6.07 Å². The molecule has 108 valence electrons. The number of nitrogen functional groups attached to an aromatic ring is 1. The minimum Gasteiger partial charge on any atom is -0.505 e. The van der Waals surface area contributed by atoms with Gasteiger partial charge < -0.3 is 21.3 Å². The number of phenols is 1. The summed E-state index contributed by atoms with van der Waals surface area (Å²) in [6, 6.07) is 1.53. The Bertz CT molecular complexity index is 480. The summed E-state index contributed by atoms with van der Waals surface area (Å²) in [5, 5.41) is 9.77. The van der Waals surface area contributed by atoms with E-state index in [4.69, 9.17) is 11.5 Å². The molecular formula is C12H18ClFN2O3. The van der Waals surface area contributed by atoms with E-state index in [0.29, 0.717) is 0 Å². The average Bonchev–Trinajstić information content (AvgIpc) is 2.34. The lowest BCUT2D eigenvalue weighted by atomic mass is 9.80. The van der Waals surface area contributed by atoms with Crippen LogP contribution < -0.4 is 11.5 Å². The van der Waals surface area contributed by atoms with E-state index >= 15 is 0 Å². The molecule has 0 aliphatic heterocycles. The summed E-state index contributed by atoms with van der Waals surface area (Å²) in [6.07, 6.45) is 0. The van der Waals surface area contributed by atoms with Crippen LogP contribution in [0.25, 0.3) is 0 Å². The van der Waals surface area contributed by atoms with Crippen molar-refractivity contribution in [2.75, 3.05) is 12.8 Å². The van der Waals surface area contributed by atoms with Gasteiger partial charge in [-0.25, -0.2) is 4.39 Å². The predicted molar refractivity (Wildman–Crippen MR) is 72.5 cm³/mol. The average molecular weight is 293 g/mol. The first-order valence-corrected chi connectivity index (χ1v) is 5.34. The van der Waals surface area contributed by atoms with Gasteiger partial charge in [0.1, 0.15) is 17.3 Å². The number of esters is 1. The van der Waals surface area contributed by atoms with E-state index in [9.17, 15) is 14.3 Å². The van der Waals surface area contributed by atoms with Crippen molar-refractivity contribution in [3.8, 4) is 5.75 Å². The topological polar surface area (TPSA) is 98.6 Å². The molecule has 0 saturated heterocycles. The first-order valence-electron chi connectivity index (χ1n) is 5.34. The van der Waals surface area contributed by atoms with Crippen LogP contribution in [0.15, 0.2) is 12.1 Å². The number of ether oxygens (including phenoxy) is 1. The van der Waals surface area contributed by atoms with Crippen LogP contribution in [0.1, 0.15) is 25.5 Å². The monoisotopic (exact) mass is 292 g/mol. The summed E-state index contributed by atoms with van der Waals surface area (Å²) >= 11 is 0. The molecule has 0 spiro atoms. The first-order chi connectivity index (χ1) is 8.23. The van der Waals surface area contributed by atoms with Crippen LogP contribution in [0, 0.1) is 11.2 Å². The maximum atomic E-state index is 13.1. The van der Waals surface area contributed by atoms with Crippen molar-refractivity contribution in [1.82, 2.24) is 0 Å². The van der Waals surface area contributed by atoms with Gasteiger partial charge in [0.25, 0.3) is 0 Å². The number of anilines is 1. The summed E-state index contributed by atoms with van der Waals surface area (Å²) in [4.78, 5) is 11.6. The maximum absolute atomic E-state index is 13.1. The lowest BCUT2D eigenvalue weighted by Crippen LogP contribution is -2.37. The zero-order chi connectivity index (χ0) is 14.1. The molecule has 1 aromatic carbocycles. The van der Waals surface area contributed by atoms with Crippen molar-refractivity contribution in [1.29, 1.82) is 0 Å². The zero-order valence-electron chi connectivity index (χ0n) is 10.9. The zero-order valence-corrected chi connectivity index (χ0v) is 11.8. The van der Waals surface area contributed by atoms with E-state index < -0.39 is 29.0 Å². The van der Waals surface area contributed by atoms with Crippen LogP contribution in [0.2, 0.25) is 0 Å². The molecule has 0 fully saturated rings. The molecule has 7 heteroatoms. The lowest BCUT2D eigenvalue weighted by Gasteiger charge is -2.29. The minimum atomic E-state index is -1.07. The Morgan fingerprint density at radius 1 is 1.47 bits per heavy atom. The van der Waals surface area contributed by atoms with Crippen LogP contribution in [0.4, 0.5) is 10.1 Å². The number of phenolic OH excluding ortho intramolecular Hbond substituents is 1. The number of halogens is 2. The van der Waals surface area contributed by atoms with Crippen LogP contribution in [0.5, 0.6) is 5.75 Å². The number of methoxy groups -OCH3 is 1. The third-order valence-electron chi connectivity index (χ3n) is 3.02. The number of carbonyl (C=O) groups excluding carboxylic acids is 1. The smallest absolute Gasteiger partial charge is 0.313 e. The Morgan fingerprint density at radius 2 is 2.00 bits per heavy atom.